The van der Waals surface area contributed by atoms with Crippen molar-refractivity contribution in [2.75, 3.05) is 0 Å². The lowest BCUT2D eigenvalue weighted by molar-refractivity contribution is 0.474. The molecule has 2 aromatic carbocycles. The first-order valence-corrected chi connectivity index (χ1v) is 7.91. The Labute approximate surface area is 119 Å². The van der Waals surface area contributed by atoms with Gasteiger partial charge in [-0.2, -0.15) is 8.42 Å². The normalized spacial score (nSPS) is 11.5. The van der Waals surface area contributed by atoms with Crippen LogP contribution in [0.2, 0.25) is 0 Å². The predicted molar refractivity (Wildman–Crippen MR) is 74.3 cm³/mol. The van der Waals surface area contributed by atoms with E-state index in [2.05, 4.69) is 15.9 Å². The van der Waals surface area contributed by atoms with E-state index in [1.807, 2.05) is 0 Å². The lowest BCUT2D eigenvalue weighted by Crippen LogP contribution is -2.04. The summed E-state index contributed by atoms with van der Waals surface area (Å²) in [5.41, 5.74) is 1.68. The fraction of sp³-hybridized carbons (Fsp3) is 0.0769. The van der Waals surface area contributed by atoms with E-state index in [1.54, 1.807) is 24.3 Å². The number of rotatable bonds is 3. The first-order chi connectivity index (χ1) is 8.93. The molecule has 0 spiro atoms. The Morgan fingerprint density at radius 2 is 1.74 bits per heavy atom. The summed E-state index contributed by atoms with van der Waals surface area (Å²) in [5, 5.41) is 0.668. The summed E-state index contributed by atoms with van der Waals surface area (Å²) in [4.78, 5) is -0.693. The zero-order chi connectivity index (χ0) is 14.0. The predicted octanol–water partition coefficient (Wildman–Crippen LogP) is 3.63. The molecule has 19 heavy (non-hydrogen) atoms. The van der Waals surface area contributed by atoms with Crippen LogP contribution >= 0.6 is 15.9 Å². The van der Waals surface area contributed by atoms with Crippen LogP contribution < -0.4 is 0 Å². The summed E-state index contributed by atoms with van der Waals surface area (Å²) in [5.74, 6) is -0.968. The molecule has 0 atom stereocenters. The van der Waals surface area contributed by atoms with Crippen molar-refractivity contribution in [2.24, 2.45) is 0 Å². The fourth-order valence-corrected chi connectivity index (χ4v) is 2.92. The van der Waals surface area contributed by atoms with Gasteiger partial charge in [-0.05, 0) is 17.2 Å². The lowest BCUT2D eigenvalue weighted by atomic mass is 10.0. The molecule has 0 aliphatic carbocycles. The minimum absolute atomic E-state index is 0.142. The Hall–Kier alpha value is -1.24. The van der Waals surface area contributed by atoms with Crippen LogP contribution in [0.4, 0.5) is 4.39 Å². The number of benzene rings is 2. The summed E-state index contributed by atoms with van der Waals surface area (Å²) in [6.07, 6.45) is 0. The van der Waals surface area contributed by atoms with Crippen molar-refractivity contribution >= 4 is 26.0 Å². The molecular weight excluding hydrogens is 335 g/mol. The zero-order valence-corrected chi connectivity index (χ0v) is 12.1. The van der Waals surface area contributed by atoms with Crippen LogP contribution in [-0.4, -0.2) is 13.0 Å². The Morgan fingerprint density at radius 3 is 2.26 bits per heavy atom. The van der Waals surface area contributed by atoms with Crippen LogP contribution in [0, 0.1) is 5.82 Å². The molecule has 0 unspecified atom stereocenters. The molecule has 0 aliphatic rings. The SMILES string of the molecule is O=S(=O)(O)c1c(F)cccc1-c1ccc(CBr)cc1. The molecule has 0 saturated heterocycles. The second-order valence-electron chi connectivity index (χ2n) is 3.92. The number of halogens is 2. The van der Waals surface area contributed by atoms with Crippen LogP contribution in [0.3, 0.4) is 0 Å². The number of hydrogen-bond acceptors (Lipinski definition) is 2. The van der Waals surface area contributed by atoms with Crippen molar-refractivity contribution in [3.05, 3.63) is 53.8 Å². The van der Waals surface area contributed by atoms with Crippen LogP contribution in [0.5, 0.6) is 0 Å². The van der Waals surface area contributed by atoms with E-state index in [-0.39, 0.29) is 5.56 Å². The highest BCUT2D eigenvalue weighted by atomic mass is 79.9. The molecular formula is C13H10BrFO3S. The largest absolute Gasteiger partial charge is 0.298 e. The second-order valence-corrected chi connectivity index (χ2v) is 5.84. The van der Waals surface area contributed by atoms with E-state index in [0.717, 1.165) is 11.6 Å². The maximum atomic E-state index is 13.6. The zero-order valence-electron chi connectivity index (χ0n) is 9.68. The molecule has 0 saturated carbocycles. The third-order valence-corrected chi connectivity index (χ3v) is 4.22. The van der Waals surface area contributed by atoms with Gasteiger partial charge in [0.2, 0.25) is 0 Å². The van der Waals surface area contributed by atoms with E-state index in [1.165, 1.54) is 12.1 Å². The molecule has 0 amide bonds. The van der Waals surface area contributed by atoms with Crippen molar-refractivity contribution in [3.8, 4) is 11.1 Å². The molecule has 1 N–H and O–H groups in total. The van der Waals surface area contributed by atoms with E-state index >= 15 is 0 Å². The molecule has 0 bridgehead atoms. The van der Waals surface area contributed by atoms with Crippen molar-refractivity contribution in [3.63, 3.8) is 0 Å². The van der Waals surface area contributed by atoms with Gasteiger partial charge in [0.1, 0.15) is 10.7 Å². The van der Waals surface area contributed by atoms with Gasteiger partial charge in [0.05, 0.1) is 0 Å². The summed E-state index contributed by atoms with van der Waals surface area (Å²) < 4.78 is 45.3. The minimum Gasteiger partial charge on any atom is -0.282 e. The highest BCUT2D eigenvalue weighted by Crippen LogP contribution is 2.29. The maximum Gasteiger partial charge on any atom is 0.298 e. The van der Waals surface area contributed by atoms with Crippen molar-refractivity contribution < 1.29 is 17.4 Å². The Kier molecular flexibility index (Phi) is 4.03. The van der Waals surface area contributed by atoms with Crippen LogP contribution in [0.15, 0.2) is 47.4 Å². The highest BCUT2D eigenvalue weighted by Gasteiger charge is 2.21. The molecule has 0 fully saturated rings. The first kappa shape index (κ1) is 14.2. The third-order valence-electron chi connectivity index (χ3n) is 2.64. The molecule has 0 aliphatic heterocycles. The monoisotopic (exact) mass is 344 g/mol. The van der Waals surface area contributed by atoms with Gasteiger partial charge in [-0.25, -0.2) is 4.39 Å². The maximum absolute atomic E-state index is 13.6. The standard InChI is InChI=1S/C13H10BrFO3S/c14-8-9-4-6-10(7-5-9)11-2-1-3-12(15)13(11)19(16,17)18/h1-7H,8H2,(H,16,17,18). The first-order valence-electron chi connectivity index (χ1n) is 5.35. The average molecular weight is 345 g/mol. The van der Waals surface area contributed by atoms with Gasteiger partial charge >= 0.3 is 0 Å². The van der Waals surface area contributed by atoms with Gasteiger partial charge in [-0.15, -0.1) is 0 Å². The third kappa shape index (κ3) is 3.02. The Bertz CT molecular complexity index is 696. The van der Waals surface area contributed by atoms with Gasteiger partial charge in [0, 0.05) is 10.9 Å². The molecule has 3 nitrogen and oxygen atoms in total. The molecule has 0 heterocycles. The van der Waals surface area contributed by atoms with Crippen molar-refractivity contribution in [1.29, 1.82) is 0 Å². The van der Waals surface area contributed by atoms with E-state index < -0.39 is 20.8 Å². The number of alkyl halides is 1. The molecule has 100 valence electrons. The smallest absolute Gasteiger partial charge is 0.282 e. The van der Waals surface area contributed by atoms with Gasteiger partial charge < -0.3 is 0 Å². The highest BCUT2D eigenvalue weighted by molar-refractivity contribution is 9.08. The second kappa shape index (κ2) is 5.40. The quantitative estimate of drug-likeness (QED) is 0.683. The van der Waals surface area contributed by atoms with Crippen LogP contribution in [0.25, 0.3) is 11.1 Å². The molecule has 0 aromatic heterocycles. The van der Waals surface area contributed by atoms with Gasteiger partial charge in [-0.1, -0.05) is 52.3 Å². The Balaban J connectivity index is 2.65. The summed E-state index contributed by atoms with van der Waals surface area (Å²) in [6, 6.07) is 10.8. The van der Waals surface area contributed by atoms with Crippen molar-refractivity contribution in [2.45, 2.75) is 10.2 Å². The Morgan fingerprint density at radius 1 is 1.11 bits per heavy atom. The van der Waals surface area contributed by atoms with Crippen LogP contribution in [-0.2, 0) is 15.4 Å². The summed E-state index contributed by atoms with van der Waals surface area (Å²) in [6.45, 7) is 0. The van der Waals surface area contributed by atoms with E-state index in [4.69, 9.17) is 4.55 Å². The minimum atomic E-state index is -4.61. The summed E-state index contributed by atoms with van der Waals surface area (Å²) >= 11 is 3.30. The van der Waals surface area contributed by atoms with E-state index in [0.29, 0.717) is 10.9 Å². The fourth-order valence-electron chi connectivity index (χ4n) is 1.77. The van der Waals surface area contributed by atoms with Gasteiger partial charge in [-0.3, -0.25) is 4.55 Å². The molecule has 0 radical (unpaired) electrons. The average Bonchev–Trinajstić information content (AvgIpc) is 2.37. The van der Waals surface area contributed by atoms with Gasteiger partial charge in [0.15, 0.2) is 0 Å². The molecule has 6 heteroatoms. The lowest BCUT2D eigenvalue weighted by Gasteiger charge is -2.08. The number of hydrogen-bond donors (Lipinski definition) is 1. The topological polar surface area (TPSA) is 54.4 Å². The van der Waals surface area contributed by atoms with Crippen LogP contribution in [0.1, 0.15) is 5.56 Å². The summed E-state index contributed by atoms with van der Waals surface area (Å²) in [7, 11) is -4.61. The molecule has 2 rings (SSSR count). The van der Waals surface area contributed by atoms with E-state index in [9.17, 15) is 12.8 Å². The van der Waals surface area contributed by atoms with Gasteiger partial charge in [0.25, 0.3) is 10.1 Å². The molecule has 2 aromatic rings. The van der Waals surface area contributed by atoms with Crippen molar-refractivity contribution in [1.82, 2.24) is 0 Å².